The van der Waals surface area contributed by atoms with Crippen LogP contribution in [0.5, 0.6) is 11.5 Å². The SMILES string of the molecule is COC(=O)c1nn(-c2cccc(Br)c2)c2ncc(OC)cc12.COc1cnc2c(c1)c(C(N)=O)nn2-c1cccc(Br)c1. The first-order chi connectivity index (χ1) is 20.7. The van der Waals surface area contributed by atoms with E-state index in [2.05, 4.69) is 52.0 Å². The van der Waals surface area contributed by atoms with E-state index in [1.807, 2.05) is 48.5 Å². The molecule has 0 radical (unpaired) electrons. The molecule has 0 saturated carbocycles. The second kappa shape index (κ2) is 12.6. The highest BCUT2D eigenvalue weighted by Crippen LogP contribution is 2.27. The number of carbonyl (C=O) groups excluding carboxylic acids is 2. The Morgan fingerprint density at radius 1 is 0.721 bits per heavy atom. The molecule has 6 aromatic rings. The Hall–Kier alpha value is -4.82. The van der Waals surface area contributed by atoms with Crippen molar-refractivity contribution in [3.63, 3.8) is 0 Å². The lowest BCUT2D eigenvalue weighted by Crippen LogP contribution is -2.12. The average Bonchev–Trinajstić information content (AvgIpc) is 3.59. The second-order valence-electron chi connectivity index (χ2n) is 8.83. The topological polar surface area (TPSA) is 149 Å². The minimum Gasteiger partial charge on any atom is -0.495 e. The summed E-state index contributed by atoms with van der Waals surface area (Å²) in [6.07, 6.45) is 3.16. The summed E-state index contributed by atoms with van der Waals surface area (Å²) in [5.41, 5.74) is 8.42. The van der Waals surface area contributed by atoms with E-state index in [9.17, 15) is 9.59 Å². The van der Waals surface area contributed by atoms with Crippen LogP contribution in [0.3, 0.4) is 0 Å². The summed E-state index contributed by atoms with van der Waals surface area (Å²) in [5.74, 6) is -0.0390. The van der Waals surface area contributed by atoms with Gasteiger partial charge in [-0.1, -0.05) is 44.0 Å². The molecule has 43 heavy (non-hydrogen) atoms. The normalized spacial score (nSPS) is 10.7. The van der Waals surface area contributed by atoms with Gasteiger partial charge in [0.25, 0.3) is 5.91 Å². The smallest absolute Gasteiger partial charge is 0.359 e. The molecule has 0 unspecified atom stereocenters. The number of halogens is 2. The number of rotatable bonds is 6. The van der Waals surface area contributed by atoms with Crippen molar-refractivity contribution < 1.29 is 23.8 Å². The molecular weight excluding hydrogens is 686 g/mol. The Morgan fingerprint density at radius 2 is 1.19 bits per heavy atom. The number of hydrogen-bond acceptors (Lipinski definition) is 9. The largest absolute Gasteiger partial charge is 0.495 e. The zero-order valence-corrected chi connectivity index (χ0v) is 26.2. The van der Waals surface area contributed by atoms with Crippen molar-refractivity contribution in [3.05, 3.63) is 93.4 Å². The Balaban J connectivity index is 0.000000171. The molecule has 218 valence electrons. The van der Waals surface area contributed by atoms with E-state index in [1.165, 1.54) is 14.2 Å². The van der Waals surface area contributed by atoms with Gasteiger partial charge in [0.15, 0.2) is 22.7 Å². The molecule has 4 aromatic heterocycles. The molecular formula is C29H23Br2N7O5. The highest BCUT2D eigenvalue weighted by molar-refractivity contribution is 9.10. The number of aromatic nitrogens is 6. The van der Waals surface area contributed by atoms with Crippen LogP contribution < -0.4 is 15.2 Å². The first-order valence-corrected chi connectivity index (χ1v) is 14.1. The van der Waals surface area contributed by atoms with Crippen molar-refractivity contribution in [1.29, 1.82) is 0 Å². The summed E-state index contributed by atoms with van der Waals surface area (Å²) in [6.45, 7) is 0. The Labute approximate surface area is 261 Å². The standard InChI is InChI=1S/C15H12BrN3O3.C14H11BrN4O2/c1-21-11-7-12-13(15(20)22-2)18-19(14(12)17-8-11)10-5-3-4-9(16)6-10;1-21-10-6-11-12(13(16)20)18-19(14(11)17-7-10)9-4-2-3-8(15)5-9/h3-8H,1-2H3;2-7H,1H3,(H2,16,20). The molecule has 14 heteroatoms. The van der Waals surface area contributed by atoms with Crippen LogP contribution in [-0.4, -0.2) is 62.7 Å². The van der Waals surface area contributed by atoms with Gasteiger partial charge in [0.2, 0.25) is 0 Å². The lowest BCUT2D eigenvalue weighted by atomic mass is 10.2. The van der Waals surface area contributed by atoms with Crippen LogP contribution in [-0.2, 0) is 4.74 Å². The number of fused-ring (bicyclic) bond motifs is 2. The van der Waals surface area contributed by atoms with E-state index >= 15 is 0 Å². The number of primary amides is 1. The average molecular weight is 709 g/mol. The van der Waals surface area contributed by atoms with Gasteiger partial charge in [0.1, 0.15) is 11.5 Å². The fraction of sp³-hybridized carbons (Fsp3) is 0.103. The van der Waals surface area contributed by atoms with E-state index in [1.54, 1.807) is 41.0 Å². The summed E-state index contributed by atoms with van der Waals surface area (Å²) in [7, 11) is 4.39. The molecule has 2 N–H and O–H groups in total. The molecule has 4 heterocycles. The second-order valence-corrected chi connectivity index (χ2v) is 10.7. The minimum atomic E-state index is -0.608. The summed E-state index contributed by atoms with van der Waals surface area (Å²) in [4.78, 5) is 32.2. The van der Waals surface area contributed by atoms with E-state index in [0.29, 0.717) is 33.6 Å². The van der Waals surface area contributed by atoms with Crippen LogP contribution in [0.2, 0.25) is 0 Å². The van der Waals surface area contributed by atoms with Gasteiger partial charge in [0.05, 0.1) is 55.9 Å². The van der Waals surface area contributed by atoms with Crippen LogP contribution in [0.1, 0.15) is 21.0 Å². The molecule has 0 bridgehead atoms. The van der Waals surface area contributed by atoms with Gasteiger partial charge >= 0.3 is 5.97 Å². The Morgan fingerprint density at radius 3 is 1.60 bits per heavy atom. The van der Waals surface area contributed by atoms with E-state index in [4.69, 9.17) is 19.9 Å². The Bertz CT molecular complexity index is 1990. The zero-order chi connectivity index (χ0) is 30.7. The fourth-order valence-electron chi connectivity index (χ4n) is 4.19. The monoisotopic (exact) mass is 707 g/mol. The first kappa shape index (κ1) is 29.7. The highest BCUT2D eigenvalue weighted by atomic mass is 79.9. The molecule has 1 amide bonds. The number of amides is 1. The van der Waals surface area contributed by atoms with Gasteiger partial charge < -0.3 is 19.9 Å². The summed E-state index contributed by atoms with van der Waals surface area (Å²) < 4.78 is 20.1. The number of nitrogens with zero attached hydrogens (tertiary/aromatic N) is 6. The summed E-state index contributed by atoms with van der Waals surface area (Å²) in [6, 6.07) is 18.5. The number of esters is 1. The number of ether oxygens (including phenoxy) is 3. The third-order valence-electron chi connectivity index (χ3n) is 6.18. The maximum Gasteiger partial charge on any atom is 0.359 e. The van der Waals surface area contributed by atoms with Crippen LogP contribution in [0.4, 0.5) is 0 Å². The van der Waals surface area contributed by atoms with E-state index in [0.717, 1.165) is 20.3 Å². The molecule has 6 rings (SSSR count). The fourth-order valence-corrected chi connectivity index (χ4v) is 4.97. The highest BCUT2D eigenvalue weighted by Gasteiger charge is 2.21. The van der Waals surface area contributed by atoms with Crippen molar-refractivity contribution in [2.75, 3.05) is 21.3 Å². The number of nitrogens with two attached hydrogens (primary N) is 1. The van der Waals surface area contributed by atoms with Crippen LogP contribution in [0, 0.1) is 0 Å². The van der Waals surface area contributed by atoms with Gasteiger partial charge in [-0.05, 0) is 48.5 Å². The lowest BCUT2D eigenvalue weighted by Gasteiger charge is -2.03. The number of benzene rings is 2. The maximum atomic E-state index is 12.0. The van der Waals surface area contributed by atoms with Crippen molar-refractivity contribution >= 4 is 65.8 Å². The van der Waals surface area contributed by atoms with E-state index < -0.39 is 11.9 Å². The van der Waals surface area contributed by atoms with Gasteiger partial charge in [0, 0.05) is 8.95 Å². The third kappa shape index (κ3) is 6.05. The molecule has 0 saturated heterocycles. The van der Waals surface area contributed by atoms with Gasteiger partial charge in [-0.25, -0.2) is 24.1 Å². The molecule has 0 aliphatic carbocycles. The first-order valence-electron chi connectivity index (χ1n) is 12.5. The Kier molecular flexibility index (Phi) is 8.68. The maximum absolute atomic E-state index is 12.0. The summed E-state index contributed by atoms with van der Waals surface area (Å²) in [5, 5.41) is 9.76. The zero-order valence-electron chi connectivity index (χ0n) is 23.0. The van der Waals surface area contributed by atoms with Crippen molar-refractivity contribution in [3.8, 4) is 22.9 Å². The number of methoxy groups -OCH3 is 3. The van der Waals surface area contributed by atoms with Crippen LogP contribution in [0.15, 0.2) is 82.0 Å². The number of carbonyl (C=O) groups is 2. The molecule has 2 aromatic carbocycles. The van der Waals surface area contributed by atoms with E-state index in [-0.39, 0.29) is 11.4 Å². The molecule has 0 atom stereocenters. The molecule has 0 fully saturated rings. The molecule has 0 aliphatic rings. The van der Waals surface area contributed by atoms with Crippen molar-refractivity contribution in [1.82, 2.24) is 29.5 Å². The lowest BCUT2D eigenvalue weighted by molar-refractivity contribution is 0.0595. The number of pyridine rings is 2. The quantitative estimate of drug-likeness (QED) is 0.229. The predicted octanol–water partition coefficient (Wildman–Crippen LogP) is 5.27. The molecule has 0 aliphatic heterocycles. The van der Waals surface area contributed by atoms with Crippen molar-refractivity contribution in [2.24, 2.45) is 5.73 Å². The molecule has 12 nitrogen and oxygen atoms in total. The molecule has 0 spiro atoms. The minimum absolute atomic E-state index is 0.163. The van der Waals surface area contributed by atoms with Crippen LogP contribution in [0.25, 0.3) is 33.4 Å². The number of hydrogen-bond donors (Lipinski definition) is 1. The van der Waals surface area contributed by atoms with Gasteiger partial charge in [-0.15, -0.1) is 0 Å². The summed E-state index contributed by atoms with van der Waals surface area (Å²) >= 11 is 6.83. The van der Waals surface area contributed by atoms with Crippen molar-refractivity contribution in [2.45, 2.75) is 0 Å². The van der Waals surface area contributed by atoms with Crippen LogP contribution >= 0.6 is 31.9 Å². The third-order valence-corrected chi connectivity index (χ3v) is 7.17. The predicted molar refractivity (Wildman–Crippen MR) is 166 cm³/mol. The van der Waals surface area contributed by atoms with Gasteiger partial charge in [-0.3, -0.25) is 4.79 Å². The van der Waals surface area contributed by atoms with Gasteiger partial charge in [-0.2, -0.15) is 10.2 Å².